The highest BCUT2D eigenvalue weighted by Crippen LogP contribution is 2.40. The van der Waals surface area contributed by atoms with E-state index in [1.54, 1.807) is 7.11 Å². The quantitative estimate of drug-likeness (QED) is 0.845. The summed E-state index contributed by atoms with van der Waals surface area (Å²) in [5.74, 6) is 0.648. The molecule has 1 aromatic carbocycles. The van der Waals surface area contributed by atoms with Gasteiger partial charge >= 0.3 is 0 Å². The van der Waals surface area contributed by atoms with Crippen LogP contribution in [0.15, 0.2) is 24.3 Å². The number of rotatable bonds is 4. The summed E-state index contributed by atoms with van der Waals surface area (Å²) >= 11 is 0. The first-order chi connectivity index (χ1) is 7.74. The minimum absolute atomic E-state index is 0.152. The summed E-state index contributed by atoms with van der Waals surface area (Å²) in [7, 11) is 1.64. The number of benzene rings is 1. The summed E-state index contributed by atoms with van der Waals surface area (Å²) in [4.78, 5) is 0. The van der Waals surface area contributed by atoms with E-state index in [0.29, 0.717) is 5.92 Å². The normalized spacial score (nSPS) is 20.2. The second-order valence-corrected chi connectivity index (χ2v) is 4.64. The zero-order chi connectivity index (χ0) is 11.5. The second kappa shape index (κ2) is 4.98. The van der Waals surface area contributed by atoms with Crippen LogP contribution in [-0.2, 0) is 4.74 Å². The van der Waals surface area contributed by atoms with Gasteiger partial charge < -0.3 is 9.84 Å². The van der Waals surface area contributed by atoms with Crippen LogP contribution in [0.4, 0.5) is 0 Å². The molecule has 2 atom stereocenters. The van der Waals surface area contributed by atoms with Gasteiger partial charge in [-0.2, -0.15) is 0 Å². The Hall–Kier alpha value is -0.860. The molecule has 1 fully saturated rings. The molecule has 0 aromatic heterocycles. The lowest BCUT2D eigenvalue weighted by molar-refractivity contribution is -0.00219. The molecule has 0 saturated heterocycles. The standard InChI is InChI=1S/C14H20O2/c1-10(16-2)14(15)13-9-4-3-8-12(13)11-6-5-7-11/h3-4,8-11,14-15H,5-7H2,1-2H3. The average molecular weight is 220 g/mol. The predicted octanol–water partition coefficient (Wildman–Crippen LogP) is 3.02. The smallest absolute Gasteiger partial charge is 0.105 e. The van der Waals surface area contributed by atoms with E-state index >= 15 is 0 Å². The van der Waals surface area contributed by atoms with Crippen molar-refractivity contribution in [2.24, 2.45) is 0 Å². The van der Waals surface area contributed by atoms with Crippen molar-refractivity contribution in [2.45, 2.75) is 44.3 Å². The van der Waals surface area contributed by atoms with Crippen LogP contribution < -0.4 is 0 Å². The summed E-state index contributed by atoms with van der Waals surface area (Å²) in [6, 6.07) is 8.21. The lowest BCUT2D eigenvalue weighted by Gasteiger charge is -2.30. The second-order valence-electron chi connectivity index (χ2n) is 4.64. The summed E-state index contributed by atoms with van der Waals surface area (Å²) < 4.78 is 5.20. The molecule has 2 unspecified atom stereocenters. The van der Waals surface area contributed by atoms with E-state index in [-0.39, 0.29) is 6.10 Å². The molecule has 0 radical (unpaired) electrons. The van der Waals surface area contributed by atoms with Crippen LogP contribution in [0.25, 0.3) is 0 Å². The Morgan fingerprint density at radius 3 is 2.56 bits per heavy atom. The Labute approximate surface area is 97.3 Å². The van der Waals surface area contributed by atoms with E-state index < -0.39 is 6.10 Å². The summed E-state index contributed by atoms with van der Waals surface area (Å²) in [5, 5.41) is 10.2. The minimum atomic E-state index is -0.512. The molecular formula is C14H20O2. The molecule has 1 aliphatic rings. The molecule has 2 heteroatoms. The van der Waals surface area contributed by atoms with Crippen molar-refractivity contribution >= 4 is 0 Å². The number of ether oxygens (including phenoxy) is 1. The summed E-state index contributed by atoms with van der Waals surface area (Å²) in [5.41, 5.74) is 2.35. The van der Waals surface area contributed by atoms with Gasteiger partial charge in [0.2, 0.25) is 0 Å². The van der Waals surface area contributed by atoms with Crippen molar-refractivity contribution < 1.29 is 9.84 Å². The van der Waals surface area contributed by atoms with Crippen LogP contribution in [-0.4, -0.2) is 18.3 Å². The van der Waals surface area contributed by atoms with Crippen molar-refractivity contribution in [1.82, 2.24) is 0 Å². The predicted molar refractivity (Wildman–Crippen MR) is 64.5 cm³/mol. The molecule has 0 spiro atoms. The highest BCUT2D eigenvalue weighted by Gasteiger charge is 2.26. The van der Waals surface area contributed by atoms with Gasteiger partial charge in [-0.05, 0) is 36.8 Å². The highest BCUT2D eigenvalue weighted by atomic mass is 16.5. The largest absolute Gasteiger partial charge is 0.386 e. The van der Waals surface area contributed by atoms with Gasteiger partial charge in [0.1, 0.15) is 6.10 Å². The van der Waals surface area contributed by atoms with Gasteiger partial charge in [0, 0.05) is 7.11 Å². The van der Waals surface area contributed by atoms with Crippen LogP contribution >= 0.6 is 0 Å². The highest BCUT2D eigenvalue weighted by molar-refractivity contribution is 5.33. The third kappa shape index (κ3) is 2.13. The molecule has 1 saturated carbocycles. The van der Waals surface area contributed by atoms with Crippen LogP contribution in [0.3, 0.4) is 0 Å². The fourth-order valence-corrected chi connectivity index (χ4v) is 2.25. The van der Waals surface area contributed by atoms with Crippen LogP contribution in [0.1, 0.15) is 49.3 Å². The first kappa shape index (κ1) is 11.6. The van der Waals surface area contributed by atoms with E-state index in [1.807, 2.05) is 19.1 Å². The van der Waals surface area contributed by atoms with Crippen LogP contribution in [0.5, 0.6) is 0 Å². The molecule has 2 nitrogen and oxygen atoms in total. The molecule has 2 rings (SSSR count). The molecule has 1 aromatic rings. The number of aliphatic hydroxyl groups excluding tert-OH is 1. The maximum atomic E-state index is 10.2. The Balaban J connectivity index is 2.24. The van der Waals surface area contributed by atoms with E-state index in [0.717, 1.165) is 5.56 Å². The third-order valence-corrected chi connectivity index (χ3v) is 3.68. The van der Waals surface area contributed by atoms with E-state index in [4.69, 9.17) is 4.74 Å². The van der Waals surface area contributed by atoms with E-state index in [1.165, 1.54) is 24.8 Å². The summed E-state index contributed by atoms with van der Waals surface area (Å²) in [6.07, 6.45) is 3.16. The Kier molecular flexibility index (Phi) is 3.62. The van der Waals surface area contributed by atoms with Crippen molar-refractivity contribution in [3.8, 4) is 0 Å². The minimum Gasteiger partial charge on any atom is -0.386 e. The molecule has 88 valence electrons. The van der Waals surface area contributed by atoms with E-state index in [2.05, 4.69) is 12.1 Å². The fourth-order valence-electron chi connectivity index (χ4n) is 2.25. The first-order valence-corrected chi connectivity index (χ1v) is 6.03. The maximum Gasteiger partial charge on any atom is 0.105 e. The van der Waals surface area contributed by atoms with Crippen molar-refractivity contribution in [3.63, 3.8) is 0 Å². The van der Waals surface area contributed by atoms with Gasteiger partial charge in [-0.1, -0.05) is 30.7 Å². The molecule has 0 heterocycles. The molecule has 0 bridgehead atoms. The van der Waals surface area contributed by atoms with E-state index in [9.17, 15) is 5.11 Å². The van der Waals surface area contributed by atoms with Gasteiger partial charge in [0.25, 0.3) is 0 Å². The monoisotopic (exact) mass is 220 g/mol. The Morgan fingerprint density at radius 2 is 2.00 bits per heavy atom. The SMILES string of the molecule is COC(C)C(O)c1ccccc1C1CCC1. The van der Waals surface area contributed by atoms with Crippen molar-refractivity contribution in [3.05, 3.63) is 35.4 Å². The Morgan fingerprint density at radius 1 is 1.31 bits per heavy atom. The van der Waals surface area contributed by atoms with Gasteiger partial charge in [-0.25, -0.2) is 0 Å². The first-order valence-electron chi connectivity index (χ1n) is 6.03. The number of aliphatic hydroxyl groups is 1. The van der Waals surface area contributed by atoms with Gasteiger partial charge in [-0.15, -0.1) is 0 Å². The maximum absolute atomic E-state index is 10.2. The molecule has 0 amide bonds. The van der Waals surface area contributed by atoms with Gasteiger partial charge in [0.05, 0.1) is 6.10 Å². The third-order valence-electron chi connectivity index (χ3n) is 3.68. The van der Waals surface area contributed by atoms with Crippen molar-refractivity contribution in [2.75, 3.05) is 7.11 Å². The van der Waals surface area contributed by atoms with Crippen molar-refractivity contribution in [1.29, 1.82) is 0 Å². The molecule has 16 heavy (non-hydrogen) atoms. The molecule has 0 aliphatic heterocycles. The molecular weight excluding hydrogens is 200 g/mol. The zero-order valence-electron chi connectivity index (χ0n) is 10.0. The molecule has 1 N–H and O–H groups in total. The fraction of sp³-hybridized carbons (Fsp3) is 0.571. The van der Waals surface area contributed by atoms with Crippen LogP contribution in [0, 0.1) is 0 Å². The lowest BCUT2D eigenvalue weighted by Crippen LogP contribution is -2.20. The average Bonchev–Trinajstić information content (AvgIpc) is 2.25. The number of methoxy groups -OCH3 is 1. The lowest BCUT2D eigenvalue weighted by atomic mass is 9.77. The molecule has 1 aliphatic carbocycles. The Bertz CT molecular complexity index is 344. The van der Waals surface area contributed by atoms with Gasteiger partial charge in [-0.3, -0.25) is 0 Å². The van der Waals surface area contributed by atoms with Crippen LogP contribution in [0.2, 0.25) is 0 Å². The topological polar surface area (TPSA) is 29.5 Å². The van der Waals surface area contributed by atoms with Gasteiger partial charge in [0.15, 0.2) is 0 Å². The number of hydrogen-bond acceptors (Lipinski definition) is 2. The zero-order valence-corrected chi connectivity index (χ0v) is 10.0. The number of hydrogen-bond donors (Lipinski definition) is 1. The summed E-state index contributed by atoms with van der Waals surface area (Å²) in [6.45, 7) is 1.90.